The zero-order chi connectivity index (χ0) is 12.3. The fourth-order valence-electron chi connectivity index (χ4n) is 0.712. The normalized spacial score (nSPS) is 13.4. The number of carbonyl (C=O) groups excluding carboxylic acids is 1. The maximum absolute atomic E-state index is 11.4. The smallest absolute Gasteiger partial charge is 0.320 e. The quantitative estimate of drug-likeness (QED) is 0.567. The molecule has 0 aromatic heterocycles. The van der Waals surface area contributed by atoms with E-state index >= 15 is 0 Å². The summed E-state index contributed by atoms with van der Waals surface area (Å²) in [6.07, 6.45) is 0. The molecule has 5 nitrogen and oxygen atoms in total. The zero-order valence-corrected chi connectivity index (χ0v) is 11.1. The van der Waals surface area contributed by atoms with Crippen LogP contribution in [0.1, 0.15) is 27.7 Å². The van der Waals surface area contributed by atoms with Crippen LogP contribution in [0.25, 0.3) is 0 Å². The highest BCUT2D eigenvalue weighted by Crippen LogP contribution is 2.36. The van der Waals surface area contributed by atoms with Gasteiger partial charge in [0, 0.05) is 6.66 Å². The van der Waals surface area contributed by atoms with E-state index in [1.807, 2.05) is 13.8 Å². The van der Waals surface area contributed by atoms with Crippen molar-refractivity contribution in [3.63, 3.8) is 0 Å². The molecule has 1 unspecified atom stereocenters. The average molecular weight is 239 g/mol. The molecule has 1 atom stereocenters. The number of carbonyl (C=O) groups is 1. The third-order valence-corrected chi connectivity index (χ3v) is 2.67. The lowest BCUT2D eigenvalue weighted by Gasteiger charge is -2.12. The van der Waals surface area contributed by atoms with E-state index in [0.29, 0.717) is 13.2 Å². The van der Waals surface area contributed by atoms with Gasteiger partial charge in [-0.05, 0) is 13.8 Å². The molecule has 0 rings (SSSR count). The van der Waals surface area contributed by atoms with Gasteiger partial charge < -0.3 is 9.26 Å². The van der Waals surface area contributed by atoms with Crippen molar-refractivity contribution in [1.29, 1.82) is 0 Å². The molecule has 0 saturated carbocycles. The third kappa shape index (κ3) is 11.5. The van der Waals surface area contributed by atoms with Crippen LogP contribution in [-0.4, -0.2) is 32.4 Å². The van der Waals surface area contributed by atoms with E-state index in [1.165, 1.54) is 6.66 Å². The number of ether oxygens (including phenoxy) is 1. The first-order valence-corrected chi connectivity index (χ1v) is 7.21. The summed E-state index contributed by atoms with van der Waals surface area (Å²) in [5, 5.41) is 2.50. The van der Waals surface area contributed by atoms with Crippen molar-refractivity contribution in [2.45, 2.75) is 27.7 Å². The van der Waals surface area contributed by atoms with Crippen molar-refractivity contribution in [3.8, 4) is 0 Å². The largest absolute Gasteiger partial charge is 0.465 e. The summed E-state index contributed by atoms with van der Waals surface area (Å²) >= 11 is 0. The molecule has 92 valence electrons. The standard InChI is InChI=1S/C7H16NO4P.C2H6/c1-4-11-7(9)6-8-13(3,10)12-5-2;1-2/h4-6H2,1-3H3,(H,8,10);1-2H3. The van der Waals surface area contributed by atoms with Crippen LogP contribution in [0.15, 0.2) is 0 Å². The van der Waals surface area contributed by atoms with Crippen LogP contribution in [0, 0.1) is 0 Å². The molecule has 0 bridgehead atoms. The lowest BCUT2D eigenvalue weighted by Crippen LogP contribution is -2.23. The molecule has 15 heavy (non-hydrogen) atoms. The van der Waals surface area contributed by atoms with E-state index in [1.54, 1.807) is 13.8 Å². The Hall–Kier alpha value is -0.380. The van der Waals surface area contributed by atoms with E-state index in [0.717, 1.165) is 0 Å². The van der Waals surface area contributed by atoms with Crippen molar-refractivity contribution >= 4 is 13.5 Å². The average Bonchev–Trinajstić information content (AvgIpc) is 2.19. The zero-order valence-electron chi connectivity index (χ0n) is 10.2. The molecule has 0 aromatic carbocycles. The fourth-order valence-corrected chi connectivity index (χ4v) is 1.71. The van der Waals surface area contributed by atoms with Gasteiger partial charge >= 0.3 is 5.97 Å². The van der Waals surface area contributed by atoms with Gasteiger partial charge in [-0.3, -0.25) is 9.36 Å². The number of esters is 1. The highest BCUT2D eigenvalue weighted by molar-refractivity contribution is 7.56. The summed E-state index contributed by atoms with van der Waals surface area (Å²) in [6, 6.07) is 0. The maximum atomic E-state index is 11.4. The van der Waals surface area contributed by atoms with E-state index in [2.05, 4.69) is 9.82 Å². The molecule has 0 amide bonds. The van der Waals surface area contributed by atoms with Crippen LogP contribution in [0.4, 0.5) is 0 Å². The minimum Gasteiger partial charge on any atom is -0.465 e. The lowest BCUT2D eigenvalue weighted by molar-refractivity contribution is -0.141. The van der Waals surface area contributed by atoms with Crippen molar-refractivity contribution in [1.82, 2.24) is 5.09 Å². The van der Waals surface area contributed by atoms with Gasteiger partial charge in [0.1, 0.15) is 6.54 Å². The molecule has 0 heterocycles. The molecule has 0 radical (unpaired) electrons. The molecule has 0 spiro atoms. The molecular weight excluding hydrogens is 217 g/mol. The Labute approximate surface area is 92.0 Å². The Morgan fingerprint density at radius 1 is 1.27 bits per heavy atom. The van der Waals surface area contributed by atoms with Crippen LogP contribution in [0.3, 0.4) is 0 Å². The number of hydrogen-bond acceptors (Lipinski definition) is 4. The van der Waals surface area contributed by atoms with Gasteiger partial charge in [0.15, 0.2) is 0 Å². The van der Waals surface area contributed by atoms with Gasteiger partial charge in [-0.2, -0.15) is 0 Å². The summed E-state index contributed by atoms with van der Waals surface area (Å²) in [7, 11) is -2.82. The molecule has 0 saturated heterocycles. The first-order chi connectivity index (χ1) is 7.02. The van der Waals surface area contributed by atoms with Crippen LogP contribution < -0.4 is 5.09 Å². The van der Waals surface area contributed by atoms with Gasteiger partial charge in [-0.15, -0.1) is 0 Å². The second kappa shape index (κ2) is 10.1. The molecule has 1 N–H and O–H groups in total. The van der Waals surface area contributed by atoms with Crippen LogP contribution >= 0.6 is 7.52 Å². The predicted octanol–water partition coefficient (Wildman–Crippen LogP) is 2.02. The van der Waals surface area contributed by atoms with Gasteiger partial charge in [0.2, 0.25) is 0 Å². The van der Waals surface area contributed by atoms with Gasteiger partial charge in [-0.1, -0.05) is 13.8 Å². The molecule has 0 aliphatic carbocycles. The van der Waals surface area contributed by atoms with E-state index in [9.17, 15) is 9.36 Å². The summed E-state index contributed by atoms with van der Waals surface area (Å²) in [5.74, 6) is -0.427. The first-order valence-electron chi connectivity index (χ1n) is 5.14. The monoisotopic (exact) mass is 239 g/mol. The van der Waals surface area contributed by atoms with Crippen molar-refractivity contribution < 1.29 is 18.6 Å². The van der Waals surface area contributed by atoms with Crippen molar-refractivity contribution in [3.05, 3.63) is 0 Å². The number of hydrogen-bond donors (Lipinski definition) is 1. The van der Waals surface area contributed by atoms with Gasteiger partial charge in [-0.25, -0.2) is 5.09 Å². The Morgan fingerprint density at radius 2 is 1.80 bits per heavy atom. The highest BCUT2D eigenvalue weighted by Gasteiger charge is 2.15. The highest BCUT2D eigenvalue weighted by atomic mass is 31.2. The summed E-state index contributed by atoms with van der Waals surface area (Å²) < 4.78 is 20.9. The number of nitrogens with one attached hydrogen (secondary N) is 1. The predicted molar refractivity (Wildman–Crippen MR) is 61.1 cm³/mol. The molecule has 0 fully saturated rings. The minimum atomic E-state index is -2.82. The fraction of sp³-hybridized carbons (Fsp3) is 0.889. The topological polar surface area (TPSA) is 64.6 Å². The number of rotatable bonds is 6. The van der Waals surface area contributed by atoms with E-state index in [4.69, 9.17) is 4.52 Å². The lowest BCUT2D eigenvalue weighted by atomic mass is 10.7. The second-order valence-corrected chi connectivity index (χ2v) is 4.67. The maximum Gasteiger partial charge on any atom is 0.320 e. The Balaban J connectivity index is 0. The summed E-state index contributed by atoms with van der Waals surface area (Å²) in [4.78, 5) is 10.8. The molecule has 0 aliphatic heterocycles. The molecular formula is C9H22NO4P. The van der Waals surface area contributed by atoms with Crippen LogP contribution in [0.2, 0.25) is 0 Å². The SMILES string of the molecule is CC.CCOC(=O)CNP(C)(=O)OCC. The van der Waals surface area contributed by atoms with Crippen LogP contribution in [0.5, 0.6) is 0 Å². The van der Waals surface area contributed by atoms with E-state index < -0.39 is 13.5 Å². The minimum absolute atomic E-state index is 0.0817. The Kier molecular flexibility index (Phi) is 11.5. The van der Waals surface area contributed by atoms with Crippen LogP contribution in [-0.2, 0) is 18.6 Å². The van der Waals surface area contributed by atoms with Crippen molar-refractivity contribution in [2.24, 2.45) is 0 Å². The Morgan fingerprint density at radius 3 is 2.20 bits per heavy atom. The van der Waals surface area contributed by atoms with Gasteiger partial charge in [0.25, 0.3) is 7.52 Å². The third-order valence-electron chi connectivity index (χ3n) is 1.19. The second-order valence-electron chi connectivity index (χ2n) is 2.40. The first kappa shape index (κ1) is 17.0. The molecule has 6 heteroatoms. The summed E-state index contributed by atoms with van der Waals surface area (Å²) in [6.45, 7) is 9.47. The molecule has 0 aliphatic rings. The van der Waals surface area contributed by atoms with Gasteiger partial charge in [0.05, 0.1) is 13.2 Å². The molecule has 0 aromatic rings. The van der Waals surface area contributed by atoms with E-state index in [-0.39, 0.29) is 6.54 Å². The summed E-state index contributed by atoms with van der Waals surface area (Å²) in [5.41, 5.74) is 0. The van der Waals surface area contributed by atoms with Crippen molar-refractivity contribution in [2.75, 3.05) is 26.4 Å². The Bertz CT molecular complexity index is 208.